The summed E-state index contributed by atoms with van der Waals surface area (Å²) in [5, 5.41) is 5.55. The molecule has 0 unspecified atom stereocenters. The molecule has 4 nitrogen and oxygen atoms in total. The first kappa shape index (κ1) is 15.5. The highest BCUT2D eigenvalue weighted by Crippen LogP contribution is 2.19. The molecule has 0 fully saturated rings. The molecule has 108 valence electrons. The van der Waals surface area contributed by atoms with Gasteiger partial charge in [-0.3, -0.25) is 9.59 Å². The fourth-order valence-electron chi connectivity index (χ4n) is 1.87. The van der Waals surface area contributed by atoms with Gasteiger partial charge in [-0.1, -0.05) is 0 Å². The summed E-state index contributed by atoms with van der Waals surface area (Å²) in [4.78, 5) is 23.1. The van der Waals surface area contributed by atoms with E-state index in [2.05, 4.69) is 33.2 Å². The lowest BCUT2D eigenvalue weighted by Crippen LogP contribution is -2.13. The molecule has 5 heteroatoms. The number of carbonyl (C=O) groups excluding carboxylic acids is 2. The van der Waals surface area contributed by atoms with Gasteiger partial charge in [-0.25, -0.2) is 0 Å². The summed E-state index contributed by atoms with van der Waals surface area (Å²) in [5.41, 5.74) is 3.03. The number of nitrogens with one attached hydrogen (secondary N) is 2. The van der Waals surface area contributed by atoms with Crippen molar-refractivity contribution in [2.75, 3.05) is 10.6 Å². The van der Waals surface area contributed by atoms with Crippen LogP contribution in [0.25, 0.3) is 0 Å². The number of amides is 2. The second kappa shape index (κ2) is 6.71. The summed E-state index contributed by atoms with van der Waals surface area (Å²) in [6.45, 7) is 3.40. The van der Waals surface area contributed by atoms with Crippen LogP contribution in [0.3, 0.4) is 0 Å². The van der Waals surface area contributed by atoms with Gasteiger partial charge in [0.05, 0.1) is 0 Å². The minimum absolute atomic E-state index is 0.137. The summed E-state index contributed by atoms with van der Waals surface area (Å²) in [6.07, 6.45) is 0. The Balaban J connectivity index is 2.11. The van der Waals surface area contributed by atoms with Crippen LogP contribution in [0.1, 0.15) is 22.8 Å². The van der Waals surface area contributed by atoms with E-state index in [4.69, 9.17) is 0 Å². The summed E-state index contributed by atoms with van der Waals surface area (Å²) in [6, 6.07) is 12.6. The van der Waals surface area contributed by atoms with Crippen molar-refractivity contribution in [1.82, 2.24) is 0 Å². The molecule has 0 aromatic heterocycles. The highest BCUT2D eigenvalue weighted by atomic mass is 127. The van der Waals surface area contributed by atoms with Gasteiger partial charge in [0.1, 0.15) is 0 Å². The lowest BCUT2D eigenvalue weighted by molar-refractivity contribution is -0.114. The van der Waals surface area contributed by atoms with Gasteiger partial charge in [0.2, 0.25) is 5.91 Å². The molecule has 0 bridgehead atoms. The lowest BCUT2D eigenvalue weighted by Gasteiger charge is -2.09. The summed E-state index contributed by atoms with van der Waals surface area (Å²) >= 11 is 2.23. The van der Waals surface area contributed by atoms with Gasteiger partial charge in [-0.2, -0.15) is 0 Å². The quantitative estimate of drug-likeness (QED) is 0.778. The van der Waals surface area contributed by atoms with Crippen molar-refractivity contribution in [1.29, 1.82) is 0 Å². The van der Waals surface area contributed by atoms with Crippen LogP contribution in [0.15, 0.2) is 42.5 Å². The molecule has 2 N–H and O–H groups in total. The van der Waals surface area contributed by atoms with Crippen molar-refractivity contribution in [2.24, 2.45) is 0 Å². The van der Waals surface area contributed by atoms with Gasteiger partial charge in [-0.05, 0) is 77.5 Å². The smallest absolute Gasteiger partial charge is 0.255 e. The predicted molar refractivity (Wildman–Crippen MR) is 92.6 cm³/mol. The van der Waals surface area contributed by atoms with Crippen molar-refractivity contribution in [3.63, 3.8) is 0 Å². The minimum Gasteiger partial charge on any atom is -0.326 e. The Morgan fingerprint density at radius 2 is 1.67 bits per heavy atom. The largest absolute Gasteiger partial charge is 0.326 e. The molecule has 2 aromatic rings. The van der Waals surface area contributed by atoms with E-state index in [9.17, 15) is 9.59 Å². The summed E-state index contributed by atoms with van der Waals surface area (Å²) in [5.74, 6) is -0.310. The number of halogens is 1. The molecule has 0 aliphatic carbocycles. The second-order valence-electron chi connectivity index (χ2n) is 4.67. The van der Waals surface area contributed by atoms with E-state index in [1.165, 1.54) is 6.92 Å². The maximum absolute atomic E-state index is 12.2. The third-order valence-electron chi connectivity index (χ3n) is 2.90. The van der Waals surface area contributed by atoms with Crippen LogP contribution >= 0.6 is 22.6 Å². The van der Waals surface area contributed by atoms with Gasteiger partial charge >= 0.3 is 0 Å². The van der Waals surface area contributed by atoms with Crippen molar-refractivity contribution in [3.8, 4) is 0 Å². The molecule has 21 heavy (non-hydrogen) atoms. The molecule has 0 saturated carbocycles. The Bertz CT molecular complexity index is 681. The van der Waals surface area contributed by atoms with Crippen molar-refractivity contribution in [3.05, 3.63) is 57.2 Å². The fraction of sp³-hybridized carbons (Fsp3) is 0.125. The van der Waals surface area contributed by atoms with Gasteiger partial charge in [0.25, 0.3) is 5.91 Å². The Hall–Kier alpha value is -1.89. The van der Waals surface area contributed by atoms with Crippen LogP contribution < -0.4 is 10.6 Å². The Morgan fingerprint density at radius 1 is 1.00 bits per heavy atom. The maximum atomic E-state index is 12.2. The Kier molecular flexibility index (Phi) is 4.95. The van der Waals surface area contributed by atoms with Crippen LogP contribution in [-0.4, -0.2) is 11.8 Å². The molecule has 2 amide bonds. The average Bonchev–Trinajstić information content (AvgIpc) is 2.42. The third kappa shape index (κ3) is 4.29. The van der Waals surface area contributed by atoms with E-state index in [0.29, 0.717) is 11.3 Å². The monoisotopic (exact) mass is 394 g/mol. The highest BCUT2D eigenvalue weighted by molar-refractivity contribution is 14.1. The molecule has 0 heterocycles. The van der Waals surface area contributed by atoms with Gasteiger partial charge in [0.15, 0.2) is 0 Å². The molecule has 0 aliphatic heterocycles. The fourth-order valence-corrected chi connectivity index (χ4v) is 2.52. The number of benzene rings is 2. The van der Waals surface area contributed by atoms with Crippen LogP contribution in [0, 0.1) is 10.5 Å². The van der Waals surface area contributed by atoms with Gasteiger partial charge < -0.3 is 10.6 Å². The molecule has 0 spiro atoms. The zero-order valence-corrected chi connectivity index (χ0v) is 13.9. The molecule has 0 aliphatic rings. The predicted octanol–water partition coefficient (Wildman–Crippen LogP) is 3.81. The molecule has 2 rings (SSSR count). The van der Waals surface area contributed by atoms with Gasteiger partial charge in [-0.15, -0.1) is 0 Å². The third-order valence-corrected chi connectivity index (χ3v) is 3.58. The molecule has 0 atom stereocenters. The van der Waals surface area contributed by atoms with E-state index in [0.717, 1.165) is 14.8 Å². The molecule has 0 saturated heterocycles. The Morgan fingerprint density at radius 3 is 2.24 bits per heavy atom. The minimum atomic E-state index is -0.173. The van der Waals surface area contributed by atoms with E-state index in [1.807, 2.05) is 25.1 Å². The number of rotatable bonds is 3. The molecular weight excluding hydrogens is 379 g/mol. The Labute approximate surface area is 137 Å². The first-order valence-corrected chi connectivity index (χ1v) is 7.49. The van der Waals surface area contributed by atoms with Crippen molar-refractivity contribution in [2.45, 2.75) is 13.8 Å². The van der Waals surface area contributed by atoms with Crippen LogP contribution in [-0.2, 0) is 4.79 Å². The van der Waals surface area contributed by atoms with Crippen molar-refractivity contribution < 1.29 is 9.59 Å². The van der Waals surface area contributed by atoms with Crippen LogP contribution in [0.4, 0.5) is 11.4 Å². The SMILES string of the molecule is CC(=O)Nc1ccc(C(=O)Nc2ccc(I)cc2C)cc1. The number of aryl methyl sites for hydroxylation is 1. The summed E-state index contributed by atoms with van der Waals surface area (Å²) in [7, 11) is 0. The van der Waals surface area contributed by atoms with Crippen molar-refractivity contribution >= 4 is 45.8 Å². The second-order valence-corrected chi connectivity index (χ2v) is 5.92. The average molecular weight is 394 g/mol. The molecule has 2 aromatic carbocycles. The topological polar surface area (TPSA) is 58.2 Å². The number of anilines is 2. The highest BCUT2D eigenvalue weighted by Gasteiger charge is 2.08. The normalized spacial score (nSPS) is 10.0. The molecule has 0 radical (unpaired) electrons. The lowest BCUT2D eigenvalue weighted by atomic mass is 10.1. The number of hydrogen-bond acceptors (Lipinski definition) is 2. The van der Waals surface area contributed by atoms with E-state index in [1.54, 1.807) is 24.3 Å². The number of hydrogen-bond donors (Lipinski definition) is 2. The van der Waals surface area contributed by atoms with E-state index < -0.39 is 0 Å². The maximum Gasteiger partial charge on any atom is 0.255 e. The van der Waals surface area contributed by atoms with Crippen LogP contribution in [0.2, 0.25) is 0 Å². The van der Waals surface area contributed by atoms with E-state index in [-0.39, 0.29) is 11.8 Å². The zero-order chi connectivity index (χ0) is 15.4. The van der Waals surface area contributed by atoms with E-state index >= 15 is 0 Å². The standard InChI is InChI=1S/C16H15IN2O2/c1-10-9-13(17)5-8-15(10)19-16(21)12-3-6-14(7-4-12)18-11(2)20/h3-9H,1-2H3,(H,18,20)(H,19,21). The summed E-state index contributed by atoms with van der Waals surface area (Å²) < 4.78 is 1.13. The first-order valence-electron chi connectivity index (χ1n) is 6.41. The van der Waals surface area contributed by atoms with Gasteiger partial charge in [0, 0.05) is 27.4 Å². The molecular formula is C16H15IN2O2. The van der Waals surface area contributed by atoms with Crippen LogP contribution in [0.5, 0.6) is 0 Å². The first-order chi connectivity index (χ1) is 9.95. The number of carbonyl (C=O) groups is 2. The zero-order valence-electron chi connectivity index (χ0n) is 11.7.